The summed E-state index contributed by atoms with van der Waals surface area (Å²) >= 11 is 0. The Morgan fingerprint density at radius 1 is 0.339 bits per heavy atom. The second-order valence-corrected chi connectivity index (χ2v) is 14.0. The third-order valence-corrected chi connectivity index (χ3v) is 10.7. The zero-order valence-electron chi connectivity index (χ0n) is 30.2. The van der Waals surface area contributed by atoms with E-state index in [1.807, 2.05) is 60.7 Å². The quantitative estimate of drug-likeness (QED) is 0.172. The smallest absolute Gasteiger partial charge is 0.164 e. The van der Waals surface area contributed by atoms with Crippen LogP contribution in [0.25, 0.3) is 106 Å². The first kappa shape index (κ1) is 31.9. The Kier molecular flexibility index (Phi) is 7.42. The molecule has 0 aliphatic rings. The largest absolute Gasteiger partial charge is 0.456 e. The summed E-state index contributed by atoms with van der Waals surface area (Å²) < 4.78 is 8.81. The number of rotatable bonds is 6. The molecule has 3 aromatic heterocycles. The van der Waals surface area contributed by atoms with Crippen molar-refractivity contribution < 1.29 is 4.42 Å². The Bertz CT molecular complexity index is 3160. The molecular weight excluding hydrogens is 685 g/mol. The van der Waals surface area contributed by atoms with Gasteiger partial charge in [0.1, 0.15) is 11.2 Å². The number of furan rings is 1. The molecule has 262 valence electrons. The molecule has 0 saturated carbocycles. The van der Waals surface area contributed by atoms with Crippen molar-refractivity contribution in [3.63, 3.8) is 0 Å². The van der Waals surface area contributed by atoms with Gasteiger partial charge < -0.3 is 8.98 Å². The number of hydrogen-bond acceptors (Lipinski definition) is 4. The number of hydrogen-bond donors (Lipinski definition) is 0. The zero-order chi connectivity index (χ0) is 37.0. The van der Waals surface area contributed by atoms with E-state index in [0.717, 1.165) is 66.6 Å². The van der Waals surface area contributed by atoms with Crippen molar-refractivity contribution in [3.8, 4) is 62.1 Å². The molecule has 3 heterocycles. The van der Waals surface area contributed by atoms with Crippen LogP contribution < -0.4 is 0 Å². The average molecular weight is 717 g/mol. The third kappa shape index (κ3) is 5.37. The second-order valence-electron chi connectivity index (χ2n) is 14.0. The molecule has 0 spiro atoms. The molecule has 56 heavy (non-hydrogen) atoms. The van der Waals surface area contributed by atoms with Crippen LogP contribution in [0.1, 0.15) is 0 Å². The van der Waals surface area contributed by atoms with Gasteiger partial charge in [0.15, 0.2) is 17.5 Å². The Morgan fingerprint density at radius 2 is 0.857 bits per heavy atom. The molecule has 0 fully saturated rings. The highest BCUT2D eigenvalue weighted by atomic mass is 16.3. The molecule has 0 unspecified atom stereocenters. The number of para-hydroxylation sites is 2. The van der Waals surface area contributed by atoms with Gasteiger partial charge in [0.2, 0.25) is 0 Å². The van der Waals surface area contributed by atoms with Crippen molar-refractivity contribution >= 4 is 43.7 Å². The fraction of sp³-hybridized carbons (Fsp3) is 0. The summed E-state index contributed by atoms with van der Waals surface area (Å²) in [4.78, 5) is 14.7. The second kappa shape index (κ2) is 13.0. The van der Waals surface area contributed by atoms with Crippen LogP contribution in [0.4, 0.5) is 0 Å². The Morgan fingerprint density at radius 3 is 1.54 bits per heavy atom. The molecule has 0 radical (unpaired) electrons. The maximum atomic E-state index is 6.46. The average Bonchev–Trinajstić information content (AvgIpc) is 3.82. The molecule has 8 aromatic carbocycles. The van der Waals surface area contributed by atoms with Gasteiger partial charge in [-0.3, -0.25) is 0 Å². The molecule has 0 atom stereocenters. The SMILES string of the molecule is c1ccc(-c2nc(-c3ccccc3)nc(-c3ccc(-c4cccc5oc6ccc(-c7ccc8c(c7)c7ccccc7n8-c7ccccc7)cc6c45)cc3)n2)cc1. The minimum Gasteiger partial charge on any atom is -0.456 e. The summed E-state index contributed by atoms with van der Waals surface area (Å²) in [5.41, 5.74) is 12.6. The van der Waals surface area contributed by atoms with Gasteiger partial charge in [0, 0.05) is 43.9 Å². The van der Waals surface area contributed by atoms with Crippen LogP contribution in [0, 0.1) is 0 Å². The number of aromatic nitrogens is 4. The summed E-state index contributed by atoms with van der Waals surface area (Å²) in [5.74, 6) is 1.92. The standard InChI is InChI=1S/C51H32N4O/c1-4-13-34(14-5-1)49-52-50(35-15-6-2-7-16-35)54-51(53-49)36-25-23-33(24-26-36)40-20-12-22-47-48(40)43-32-38(28-30-46(43)56-47)37-27-29-45-42(31-37)41-19-10-11-21-44(41)55(45)39-17-8-3-9-18-39/h1-32H. The first-order valence-electron chi connectivity index (χ1n) is 18.8. The lowest BCUT2D eigenvalue weighted by Crippen LogP contribution is -2.00. The zero-order valence-corrected chi connectivity index (χ0v) is 30.2. The summed E-state index contributed by atoms with van der Waals surface area (Å²) in [5, 5.41) is 4.64. The van der Waals surface area contributed by atoms with E-state index < -0.39 is 0 Å². The third-order valence-electron chi connectivity index (χ3n) is 10.7. The van der Waals surface area contributed by atoms with Gasteiger partial charge in [0.05, 0.1) is 11.0 Å². The van der Waals surface area contributed by atoms with Crippen LogP contribution in [0.2, 0.25) is 0 Å². The lowest BCUT2D eigenvalue weighted by Gasteiger charge is -2.09. The maximum Gasteiger partial charge on any atom is 0.164 e. The molecule has 5 nitrogen and oxygen atoms in total. The first-order valence-corrected chi connectivity index (χ1v) is 18.8. The van der Waals surface area contributed by atoms with Crippen LogP contribution in [0.15, 0.2) is 199 Å². The molecule has 0 N–H and O–H groups in total. The summed E-state index contributed by atoms with van der Waals surface area (Å²) in [7, 11) is 0. The summed E-state index contributed by atoms with van der Waals surface area (Å²) in [6, 6.07) is 67.5. The van der Waals surface area contributed by atoms with E-state index in [2.05, 4.69) is 138 Å². The molecule has 11 rings (SSSR count). The van der Waals surface area contributed by atoms with Crippen molar-refractivity contribution in [3.05, 3.63) is 194 Å². The van der Waals surface area contributed by atoms with Gasteiger partial charge in [-0.2, -0.15) is 0 Å². The van der Waals surface area contributed by atoms with E-state index in [0.29, 0.717) is 17.5 Å². The molecular formula is C51H32N4O. The van der Waals surface area contributed by atoms with E-state index in [4.69, 9.17) is 19.4 Å². The highest BCUT2D eigenvalue weighted by molar-refractivity contribution is 6.14. The molecule has 0 aliphatic carbocycles. The van der Waals surface area contributed by atoms with Crippen molar-refractivity contribution in [1.29, 1.82) is 0 Å². The van der Waals surface area contributed by atoms with Crippen LogP contribution in [-0.4, -0.2) is 19.5 Å². The van der Waals surface area contributed by atoms with E-state index in [9.17, 15) is 0 Å². The summed E-state index contributed by atoms with van der Waals surface area (Å²) in [6.45, 7) is 0. The van der Waals surface area contributed by atoms with Gasteiger partial charge in [-0.15, -0.1) is 0 Å². The van der Waals surface area contributed by atoms with Crippen molar-refractivity contribution in [2.24, 2.45) is 0 Å². The van der Waals surface area contributed by atoms with Crippen LogP contribution in [0.3, 0.4) is 0 Å². The van der Waals surface area contributed by atoms with Gasteiger partial charge in [-0.1, -0.05) is 146 Å². The van der Waals surface area contributed by atoms with Crippen LogP contribution in [-0.2, 0) is 0 Å². The summed E-state index contributed by atoms with van der Waals surface area (Å²) in [6.07, 6.45) is 0. The van der Waals surface area contributed by atoms with Crippen LogP contribution in [0.5, 0.6) is 0 Å². The van der Waals surface area contributed by atoms with E-state index in [1.54, 1.807) is 0 Å². The predicted molar refractivity (Wildman–Crippen MR) is 229 cm³/mol. The van der Waals surface area contributed by atoms with Crippen molar-refractivity contribution in [1.82, 2.24) is 19.5 Å². The molecule has 0 aliphatic heterocycles. The fourth-order valence-corrected chi connectivity index (χ4v) is 7.99. The normalized spacial score (nSPS) is 11.6. The highest BCUT2D eigenvalue weighted by Gasteiger charge is 2.17. The first-order chi connectivity index (χ1) is 27.7. The predicted octanol–water partition coefficient (Wildman–Crippen LogP) is 13.2. The van der Waals surface area contributed by atoms with Gasteiger partial charge in [-0.25, -0.2) is 15.0 Å². The maximum absolute atomic E-state index is 6.46. The van der Waals surface area contributed by atoms with Gasteiger partial charge in [0.25, 0.3) is 0 Å². The van der Waals surface area contributed by atoms with E-state index in [1.165, 1.54) is 21.8 Å². The van der Waals surface area contributed by atoms with Crippen molar-refractivity contribution in [2.45, 2.75) is 0 Å². The van der Waals surface area contributed by atoms with Gasteiger partial charge in [-0.05, 0) is 70.8 Å². The number of nitrogens with zero attached hydrogens (tertiary/aromatic N) is 4. The Hall–Kier alpha value is -7.63. The monoisotopic (exact) mass is 716 g/mol. The molecule has 5 heteroatoms. The molecule has 11 aromatic rings. The number of benzene rings is 8. The molecule has 0 saturated heterocycles. The van der Waals surface area contributed by atoms with E-state index >= 15 is 0 Å². The number of fused-ring (bicyclic) bond motifs is 6. The Labute approximate surface area is 322 Å². The molecule has 0 bridgehead atoms. The van der Waals surface area contributed by atoms with Crippen LogP contribution >= 0.6 is 0 Å². The minimum absolute atomic E-state index is 0.629. The van der Waals surface area contributed by atoms with Crippen molar-refractivity contribution in [2.75, 3.05) is 0 Å². The fourth-order valence-electron chi connectivity index (χ4n) is 7.99. The highest BCUT2D eigenvalue weighted by Crippen LogP contribution is 2.40. The van der Waals surface area contributed by atoms with E-state index in [-0.39, 0.29) is 0 Å². The lowest BCUT2D eigenvalue weighted by molar-refractivity contribution is 0.669. The topological polar surface area (TPSA) is 56.7 Å². The lowest BCUT2D eigenvalue weighted by atomic mass is 9.96. The Balaban J connectivity index is 1.00. The molecule has 0 amide bonds. The van der Waals surface area contributed by atoms with Gasteiger partial charge >= 0.3 is 0 Å². The minimum atomic E-state index is 0.629.